The number of carbonyl (C=O) groups is 1. The maximum atomic E-state index is 12.0. The average Bonchev–Trinajstić information content (AvgIpc) is 2.99. The fourth-order valence-corrected chi connectivity index (χ4v) is 1.85. The molecule has 0 aliphatic carbocycles. The largest absolute Gasteiger partial charge is 0.478 e. The predicted molar refractivity (Wildman–Crippen MR) is 83.5 cm³/mol. The number of aromatic nitrogens is 1. The van der Waals surface area contributed by atoms with E-state index in [9.17, 15) is 9.59 Å². The zero-order chi connectivity index (χ0) is 15.9. The van der Waals surface area contributed by atoms with Crippen molar-refractivity contribution in [3.63, 3.8) is 0 Å². The van der Waals surface area contributed by atoms with Crippen LogP contribution in [0.1, 0.15) is 5.76 Å². The standard InChI is InChI=1S/C14H15N3O4S/c15-12(22)8-17-5-1-4-11(14(17)19)21-9-13(18)16-7-10-3-2-6-20-10/h1-6H,7-9H2,(H2,15,22)(H,16,18). The highest BCUT2D eigenvalue weighted by atomic mass is 32.1. The van der Waals surface area contributed by atoms with E-state index in [2.05, 4.69) is 5.32 Å². The van der Waals surface area contributed by atoms with E-state index < -0.39 is 5.56 Å². The fourth-order valence-electron chi connectivity index (χ4n) is 1.71. The molecule has 0 radical (unpaired) electrons. The first-order valence-electron chi connectivity index (χ1n) is 6.46. The Morgan fingerprint density at radius 3 is 2.91 bits per heavy atom. The van der Waals surface area contributed by atoms with Gasteiger partial charge in [0.05, 0.1) is 24.3 Å². The lowest BCUT2D eigenvalue weighted by molar-refractivity contribution is -0.123. The molecule has 3 N–H and O–H groups in total. The van der Waals surface area contributed by atoms with Gasteiger partial charge in [0.25, 0.3) is 11.5 Å². The summed E-state index contributed by atoms with van der Waals surface area (Å²) < 4.78 is 11.6. The molecule has 0 aliphatic rings. The first-order valence-corrected chi connectivity index (χ1v) is 6.86. The van der Waals surface area contributed by atoms with E-state index in [1.165, 1.54) is 16.9 Å². The number of rotatable bonds is 7. The third-order valence-corrected chi connectivity index (χ3v) is 2.84. The van der Waals surface area contributed by atoms with E-state index in [-0.39, 0.29) is 36.3 Å². The Bertz CT molecular complexity index is 709. The zero-order valence-corrected chi connectivity index (χ0v) is 12.5. The van der Waals surface area contributed by atoms with Crippen LogP contribution < -0.4 is 21.3 Å². The number of hydrogen-bond acceptors (Lipinski definition) is 5. The van der Waals surface area contributed by atoms with Gasteiger partial charge >= 0.3 is 0 Å². The van der Waals surface area contributed by atoms with E-state index >= 15 is 0 Å². The van der Waals surface area contributed by atoms with E-state index in [0.717, 1.165) is 0 Å². The Balaban J connectivity index is 1.89. The highest BCUT2D eigenvalue weighted by molar-refractivity contribution is 7.80. The van der Waals surface area contributed by atoms with Crippen LogP contribution in [0.3, 0.4) is 0 Å². The number of pyridine rings is 1. The van der Waals surface area contributed by atoms with Crippen molar-refractivity contribution in [1.29, 1.82) is 0 Å². The van der Waals surface area contributed by atoms with E-state index in [4.69, 9.17) is 27.1 Å². The molecular formula is C14H15N3O4S. The number of nitrogens with zero attached hydrogens (tertiary/aromatic N) is 1. The molecule has 0 aliphatic heterocycles. The first kappa shape index (κ1) is 15.8. The molecule has 116 valence electrons. The van der Waals surface area contributed by atoms with Crippen molar-refractivity contribution >= 4 is 23.1 Å². The summed E-state index contributed by atoms with van der Waals surface area (Å²) in [4.78, 5) is 23.9. The van der Waals surface area contributed by atoms with E-state index in [1.54, 1.807) is 24.4 Å². The van der Waals surface area contributed by atoms with Gasteiger partial charge in [0.15, 0.2) is 12.4 Å². The summed E-state index contributed by atoms with van der Waals surface area (Å²) in [5.74, 6) is 0.333. The monoisotopic (exact) mass is 321 g/mol. The summed E-state index contributed by atoms with van der Waals surface area (Å²) in [6.45, 7) is 0.110. The van der Waals surface area contributed by atoms with Crippen LogP contribution in [-0.2, 0) is 17.9 Å². The molecule has 2 rings (SSSR count). The average molecular weight is 321 g/mol. The quantitative estimate of drug-likeness (QED) is 0.717. The van der Waals surface area contributed by atoms with Crippen LogP contribution >= 0.6 is 12.2 Å². The van der Waals surface area contributed by atoms with E-state index in [0.29, 0.717) is 5.76 Å². The Kier molecular flexibility index (Phi) is 5.31. The summed E-state index contributed by atoms with van der Waals surface area (Å²) in [5, 5.41) is 2.61. The van der Waals surface area contributed by atoms with Gasteiger partial charge in [0.1, 0.15) is 5.76 Å². The van der Waals surface area contributed by atoms with Crippen LogP contribution in [0.25, 0.3) is 0 Å². The minimum atomic E-state index is -0.394. The van der Waals surface area contributed by atoms with Crippen LogP contribution in [0.2, 0.25) is 0 Å². The summed E-state index contributed by atoms with van der Waals surface area (Å²) in [6, 6.07) is 6.58. The number of ether oxygens (including phenoxy) is 1. The third kappa shape index (κ3) is 4.45. The van der Waals surface area contributed by atoms with Gasteiger partial charge in [-0.2, -0.15) is 0 Å². The second-order valence-electron chi connectivity index (χ2n) is 4.42. The van der Waals surface area contributed by atoms with Gasteiger partial charge in [-0.3, -0.25) is 9.59 Å². The third-order valence-electron chi connectivity index (χ3n) is 2.71. The molecule has 8 heteroatoms. The van der Waals surface area contributed by atoms with Crippen LogP contribution in [0.5, 0.6) is 5.75 Å². The Hall–Kier alpha value is -2.61. The van der Waals surface area contributed by atoms with Crippen molar-refractivity contribution < 1.29 is 13.9 Å². The molecule has 0 saturated carbocycles. The van der Waals surface area contributed by atoms with Crippen LogP contribution in [0.4, 0.5) is 0 Å². The summed E-state index contributed by atoms with van der Waals surface area (Å²) >= 11 is 4.76. The van der Waals surface area contributed by atoms with Crippen molar-refractivity contribution in [1.82, 2.24) is 9.88 Å². The van der Waals surface area contributed by atoms with Crippen LogP contribution in [-0.4, -0.2) is 22.1 Å². The Morgan fingerprint density at radius 1 is 1.41 bits per heavy atom. The highest BCUT2D eigenvalue weighted by Crippen LogP contribution is 2.02. The molecule has 0 bridgehead atoms. The fraction of sp³-hybridized carbons (Fsp3) is 0.214. The van der Waals surface area contributed by atoms with Crippen molar-refractivity contribution in [2.45, 2.75) is 13.1 Å². The predicted octanol–water partition coefficient (Wildman–Crippen LogP) is 0.423. The lowest BCUT2D eigenvalue weighted by Crippen LogP contribution is -2.31. The van der Waals surface area contributed by atoms with Crippen molar-refractivity contribution in [3.8, 4) is 5.75 Å². The molecule has 0 spiro atoms. The molecule has 2 aromatic rings. The second-order valence-corrected chi connectivity index (χ2v) is 4.94. The number of nitrogens with one attached hydrogen (secondary N) is 1. The smallest absolute Gasteiger partial charge is 0.293 e. The lowest BCUT2D eigenvalue weighted by Gasteiger charge is -2.09. The molecule has 0 atom stereocenters. The maximum absolute atomic E-state index is 12.0. The highest BCUT2D eigenvalue weighted by Gasteiger charge is 2.08. The normalized spacial score (nSPS) is 10.2. The molecule has 0 fully saturated rings. The summed E-state index contributed by atoms with van der Waals surface area (Å²) in [7, 11) is 0. The molecule has 1 amide bonds. The van der Waals surface area contributed by atoms with Gasteiger partial charge in [-0.15, -0.1) is 0 Å². The Labute approximate surface area is 131 Å². The summed E-state index contributed by atoms with van der Waals surface area (Å²) in [6.07, 6.45) is 3.07. The van der Waals surface area contributed by atoms with Gasteiger partial charge in [-0.1, -0.05) is 12.2 Å². The summed E-state index contributed by atoms with van der Waals surface area (Å²) in [5.41, 5.74) is 5.02. The molecular weight excluding hydrogens is 306 g/mol. The minimum absolute atomic E-state index is 0.0619. The van der Waals surface area contributed by atoms with Gasteiger partial charge in [-0.25, -0.2) is 0 Å². The van der Waals surface area contributed by atoms with Gasteiger partial charge in [-0.05, 0) is 24.3 Å². The molecule has 0 aromatic carbocycles. The molecule has 22 heavy (non-hydrogen) atoms. The Morgan fingerprint density at radius 2 is 2.23 bits per heavy atom. The number of nitrogens with two attached hydrogens (primary N) is 1. The molecule has 0 saturated heterocycles. The lowest BCUT2D eigenvalue weighted by atomic mass is 10.4. The van der Waals surface area contributed by atoms with Crippen molar-refractivity contribution in [3.05, 3.63) is 52.8 Å². The van der Waals surface area contributed by atoms with Gasteiger partial charge in [0.2, 0.25) is 0 Å². The van der Waals surface area contributed by atoms with Crippen molar-refractivity contribution in [2.24, 2.45) is 5.73 Å². The number of hydrogen-bond donors (Lipinski definition) is 2. The molecule has 2 aromatic heterocycles. The maximum Gasteiger partial charge on any atom is 0.293 e. The number of carbonyl (C=O) groups excluding carboxylic acids is 1. The van der Waals surface area contributed by atoms with E-state index in [1.807, 2.05) is 0 Å². The number of furan rings is 1. The number of amides is 1. The topological polar surface area (TPSA) is 99.5 Å². The SMILES string of the molecule is NC(=S)Cn1cccc(OCC(=O)NCc2ccco2)c1=O. The minimum Gasteiger partial charge on any atom is -0.478 e. The molecule has 0 unspecified atom stereocenters. The first-order chi connectivity index (χ1) is 10.6. The number of thiocarbonyl (C=S) groups is 1. The zero-order valence-electron chi connectivity index (χ0n) is 11.7. The second kappa shape index (κ2) is 7.41. The van der Waals surface area contributed by atoms with Gasteiger partial charge in [0, 0.05) is 6.20 Å². The van der Waals surface area contributed by atoms with Crippen LogP contribution in [0.15, 0.2) is 45.9 Å². The molecule has 2 heterocycles. The van der Waals surface area contributed by atoms with Crippen molar-refractivity contribution in [2.75, 3.05) is 6.61 Å². The molecule has 7 nitrogen and oxygen atoms in total. The van der Waals surface area contributed by atoms with Crippen LogP contribution in [0, 0.1) is 0 Å². The van der Waals surface area contributed by atoms with Gasteiger partial charge < -0.3 is 24.8 Å².